The summed E-state index contributed by atoms with van der Waals surface area (Å²) < 4.78 is 4.87. The molecular formula is C18H21N3O3. The Morgan fingerprint density at radius 1 is 1.12 bits per heavy atom. The Bertz CT molecular complexity index is 716. The molecule has 2 aromatic rings. The first kappa shape index (κ1) is 17.6. The number of ether oxygens (including phenoxy) is 1. The summed E-state index contributed by atoms with van der Waals surface area (Å²) in [7, 11) is 1.56. The lowest BCUT2D eigenvalue weighted by Gasteiger charge is -2.09. The standard InChI is InChI=1S/C18H21N3O3/c1-13-5-3-4-6-15(13)12-21-17(22)14-7-8-19-16(11-14)18(23)20-9-10-24-2/h3-8,11H,9-10,12H2,1-2H3,(H,20,23)(H,21,22). The predicted octanol–water partition coefficient (Wildman–Crippen LogP) is 1.70. The predicted molar refractivity (Wildman–Crippen MR) is 90.8 cm³/mol. The molecule has 24 heavy (non-hydrogen) atoms. The van der Waals surface area contributed by atoms with Gasteiger partial charge in [0.1, 0.15) is 5.69 Å². The molecule has 2 rings (SSSR count). The van der Waals surface area contributed by atoms with Crippen LogP contribution in [0.15, 0.2) is 42.6 Å². The smallest absolute Gasteiger partial charge is 0.269 e. The number of rotatable bonds is 7. The summed E-state index contributed by atoms with van der Waals surface area (Å²) in [6, 6.07) is 10.9. The number of pyridine rings is 1. The number of amides is 2. The molecule has 1 aromatic heterocycles. The molecule has 1 heterocycles. The number of aromatic nitrogens is 1. The highest BCUT2D eigenvalue weighted by Crippen LogP contribution is 2.07. The van der Waals surface area contributed by atoms with Gasteiger partial charge in [0.15, 0.2) is 0 Å². The van der Waals surface area contributed by atoms with Crippen molar-refractivity contribution in [1.82, 2.24) is 15.6 Å². The van der Waals surface area contributed by atoms with E-state index in [1.807, 2.05) is 31.2 Å². The van der Waals surface area contributed by atoms with Gasteiger partial charge in [0, 0.05) is 32.0 Å². The third-order valence-corrected chi connectivity index (χ3v) is 3.55. The van der Waals surface area contributed by atoms with Crippen LogP contribution in [-0.2, 0) is 11.3 Å². The maximum atomic E-state index is 12.3. The molecule has 0 saturated heterocycles. The van der Waals surface area contributed by atoms with Crippen LogP contribution in [0, 0.1) is 6.92 Å². The van der Waals surface area contributed by atoms with Gasteiger partial charge in [-0.05, 0) is 30.2 Å². The van der Waals surface area contributed by atoms with Crippen molar-refractivity contribution >= 4 is 11.8 Å². The van der Waals surface area contributed by atoms with Gasteiger partial charge < -0.3 is 15.4 Å². The average Bonchev–Trinajstić information content (AvgIpc) is 2.61. The van der Waals surface area contributed by atoms with E-state index in [9.17, 15) is 9.59 Å². The molecule has 0 atom stereocenters. The van der Waals surface area contributed by atoms with Crippen LogP contribution in [0.1, 0.15) is 32.0 Å². The van der Waals surface area contributed by atoms with Gasteiger partial charge in [-0.2, -0.15) is 0 Å². The molecule has 126 valence electrons. The number of hydrogen-bond acceptors (Lipinski definition) is 4. The highest BCUT2D eigenvalue weighted by molar-refractivity contribution is 5.98. The van der Waals surface area contributed by atoms with E-state index >= 15 is 0 Å². The summed E-state index contributed by atoms with van der Waals surface area (Å²) in [5, 5.41) is 5.53. The lowest BCUT2D eigenvalue weighted by atomic mass is 10.1. The molecule has 2 amide bonds. The van der Waals surface area contributed by atoms with Gasteiger partial charge in [-0.15, -0.1) is 0 Å². The number of aryl methyl sites for hydroxylation is 1. The molecule has 6 nitrogen and oxygen atoms in total. The van der Waals surface area contributed by atoms with Crippen LogP contribution in [0.3, 0.4) is 0 Å². The highest BCUT2D eigenvalue weighted by atomic mass is 16.5. The normalized spacial score (nSPS) is 10.2. The van der Waals surface area contributed by atoms with E-state index in [4.69, 9.17) is 4.74 Å². The molecular weight excluding hydrogens is 306 g/mol. The Labute approximate surface area is 141 Å². The van der Waals surface area contributed by atoms with E-state index < -0.39 is 0 Å². The fourth-order valence-electron chi connectivity index (χ4n) is 2.14. The second-order valence-electron chi connectivity index (χ2n) is 5.29. The summed E-state index contributed by atoms with van der Waals surface area (Å²) in [6.45, 7) is 3.24. The van der Waals surface area contributed by atoms with Crippen LogP contribution >= 0.6 is 0 Å². The number of nitrogens with one attached hydrogen (secondary N) is 2. The molecule has 0 aliphatic heterocycles. The molecule has 0 aliphatic carbocycles. The summed E-state index contributed by atoms with van der Waals surface area (Å²) >= 11 is 0. The molecule has 0 bridgehead atoms. The molecule has 0 aliphatic rings. The van der Waals surface area contributed by atoms with E-state index in [-0.39, 0.29) is 17.5 Å². The van der Waals surface area contributed by atoms with Crippen molar-refractivity contribution in [3.8, 4) is 0 Å². The minimum Gasteiger partial charge on any atom is -0.383 e. The minimum absolute atomic E-state index is 0.203. The SMILES string of the molecule is COCCNC(=O)c1cc(C(=O)NCc2ccccc2C)ccn1. The first-order chi connectivity index (χ1) is 11.6. The molecule has 0 spiro atoms. The van der Waals surface area contributed by atoms with E-state index in [0.29, 0.717) is 25.3 Å². The second kappa shape index (κ2) is 8.79. The minimum atomic E-state index is -0.333. The molecule has 6 heteroatoms. The lowest BCUT2D eigenvalue weighted by molar-refractivity contribution is 0.0932. The van der Waals surface area contributed by atoms with Gasteiger partial charge in [-0.25, -0.2) is 0 Å². The van der Waals surface area contributed by atoms with Gasteiger partial charge in [0.2, 0.25) is 0 Å². The van der Waals surface area contributed by atoms with Gasteiger partial charge in [0.25, 0.3) is 11.8 Å². The van der Waals surface area contributed by atoms with Crippen molar-refractivity contribution in [2.75, 3.05) is 20.3 Å². The van der Waals surface area contributed by atoms with Crippen molar-refractivity contribution in [1.29, 1.82) is 0 Å². The summed E-state index contributed by atoms with van der Waals surface area (Å²) in [4.78, 5) is 28.2. The van der Waals surface area contributed by atoms with Crippen molar-refractivity contribution in [3.63, 3.8) is 0 Å². The number of methoxy groups -OCH3 is 1. The molecule has 0 fully saturated rings. The molecule has 0 radical (unpaired) electrons. The number of carbonyl (C=O) groups is 2. The third kappa shape index (κ3) is 4.89. The van der Waals surface area contributed by atoms with Crippen LogP contribution in [0.4, 0.5) is 0 Å². The zero-order chi connectivity index (χ0) is 17.4. The largest absolute Gasteiger partial charge is 0.383 e. The summed E-state index contributed by atoms with van der Waals surface area (Å²) in [6.07, 6.45) is 1.45. The molecule has 0 unspecified atom stereocenters. The van der Waals surface area contributed by atoms with Crippen LogP contribution < -0.4 is 10.6 Å². The zero-order valence-corrected chi connectivity index (χ0v) is 13.8. The summed E-state index contributed by atoms with van der Waals surface area (Å²) in [5.41, 5.74) is 2.77. The van der Waals surface area contributed by atoms with Gasteiger partial charge in [0.05, 0.1) is 6.61 Å². The molecule has 1 aromatic carbocycles. The van der Waals surface area contributed by atoms with Crippen LogP contribution in [0.5, 0.6) is 0 Å². The van der Waals surface area contributed by atoms with E-state index in [1.165, 1.54) is 12.3 Å². The average molecular weight is 327 g/mol. The number of nitrogens with zero attached hydrogens (tertiary/aromatic N) is 1. The maximum absolute atomic E-state index is 12.3. The Morgan fingerprint density at radius 2 is 1.92 bits per heavy atom. The number of carbonyl (C=O) groups excluding carboxylic acids is 2. The highest BCUT2D eigenvalue weighted by Gasteiger charge is 2.11. The van der Waals surface area contributed by atoms with Gasteiger partial charge in [-0.1, -0.05) is 24.3 Å². The van der Waals surface area contributed by atoms with E-state index in [0.717, 1.165) is 11.1 Å². The van der Waals surface area contributed by atoms with Crippen LogP contribution in [0.25, 0.3) is 0 Å². The van der Waals surface area contributed by atoms with Gasteiger partial charge in [-0.3, -0.25) is 14.6 Å². The third-order valence-electron chi connectivity index (χ3n) is 3.55. The fraction of sp³-hybridized carbons (Fsp3) is 0.278. The summed E-state index contributed by atoms with van der Waals surface area (Å²) in [5.74, 6) is -0.577. The van der Waals surface area contributed by atoms with E-state index in [2.05, 4.69) is 15.6 Å². The number of hydrogen-bond donors (Lipinski definition) is 2. The first-order valence-electron chi connectivity index (χ1n) is 7.67. The van der Waals surface area contributed by atoms with Crippen LogP contribution in [-0.4, -0.2) is 37.1 Å². The quantitative estimate of drug-likeness (QED) is 0.759. The Morgan fingerprint density at radius 3 is 2.67 bits per heavy atom. The molecule has 2 N–H and O–H groups in total. The van der Waals surface area contributed by atoms with Crippen molar-refractivity contribution in [2.24, 2.45) is 0 Å². The van der Waals surface area contributed by atoms with Crippen molar-refractivity contribution < 1.29 is 14.3 Å². The Kier molecular flexibility index (Phi) is 6.45. The second-order valence-corrected chi connectivity index (χ2v) is 5.29. The zero-order valence-electron chi connectivity index (χ0n) is 13.8. The Hall–Kier alpha value is -2.73. The number of benzene rings is 1. The maximum Gasteiger partial charge on any atom is 0.269 e. The van der Waals surface area contributed by atoms with Crippen molar-refractivity contribution in [2.45, 2.75) is 13.5 Å². The van der Waals surface area contributed by atoms with E-state index in [1.54, 1.807) is 13.2 Å². The van der Waals surface area contributed by atoms with Crippen molar-refractivity contribution in [3.05, 3.63) is 65.0 Å². The molecule has 0 saturated carbocycles. The van der Waals surface area contributed by atoms with Gasteiger partial charge >= 0.3 is 0 Å². The first-order valence-corrected chi connectivity index (χ1v) is 7.67. The van der Waals surface area contributed by atoms with Crippen LogP contribution in [0.2, 0.25) is 0 Å². The lowest BCUT2D eigenvalue weighted by Crippen LogP contribution is -2.28. The topological polar surface area (TPSA) is 80.3 Å². The Balaban J connectivity index is 1.98. The fourth-order valence-corrected chi connectivity index (χ4v) is 2.14. The monoisotopic (exact) mass is 327 g/mol.